The second kappa shape index (κ2) is 7.57. The van der Waals surface area contributed by atoms with Gasteiger partial charge in [-0.15, -0.1) is 0 Å². The molecule has 5 rings (SSSR count). The molecule has 1 atom stereocenters. The van der Waals surface area contributed by atoms with Crippen molar-refractivity contribution in [1.29, 1.82) is 5.26 Å². The van der Waals surface area contributed by atoms with Crippen molar-refractivity contribution in [3.63, 3.8) is 0 Å². The quantitative estimate of drug-likeness (QED) is 0.593. The lowest BCUT2D eigenvalue weighted by atomic mass is 10.0. The maximum Gasteiger partial charge on any atom is 0.280 e. The Labute approximate surface area is 184 Å². The molecular formula is C23H23N5O2S. The average molecular weight is 434 g/mol. The van der Waals surface area contributed by atoms with Crippen LogP contribution in [0.5, 0.6) is 0 Å². The molecule has 1 saturated carbocycles. The summed E-state index contributed by atoms with van der Waals surface area (Å²) >= 11 is 1.35. The van der Waals surface area contributed by atoms with Crippen LogP contribution in [-0.4, -0.2) is 32.9 Å². The minimum Gasteiger partial charge on any atom is -0.338 e. The Morgan fingerprint density at radius 1 is 1.29 bits per heavy atom. The molecule has 8 heteroatoms. The van der Waals surface area contributed by atoms with Crippen LogP contribution in [0.15, 0.2) is 35.1 Å². The number of hydrogen-bond acceptors (Lipinski definition) is 7. The van der Waals surface area contributed by atoms with Crippen LogP contribution < -0.4 is 10.5 Å². The summed E-state index contributed by atoms with van der Waals surface area (Å²) in [5.41, 5.74) is 0.611. The largest absolute Gasteiger partial charge is 0.338 e. The van der Waals surface area contributed by atoms with E-state index in [1.165, 1.54) is 15.9 Å². The third-order valence-corrected chi connectivity index (χ3v) is 7.38. The first-order valence-electron chi connectivity index (χ1n) is 10.6. The van der Waals surface area contributed by atoms with Gasteiger partial charge < -0.3 is 4.90 Å². The standard InChI is InChI=1S/C23H23N5O2S/c1-27-20(30)18-19(26-21(27)23(14-24)11-12-23)31-22(25-18)28-13-5-8-16(28)17(29)10-9-15-6-3-2-4-7-15/h2-4,6-7,16H,5,8-13H2,1H3/t16-/m1/s1. The first-order chi connectivity index (χ1) is 15.0. The van der Waals surface area contributed by atoms with Gasteiger partial charge in [-0.3, -0.25) is 14.2 Å². The molecule has 1 aliphatic carbocycles. The van der Waals surface area contributed by atoms with Crippen LogP contribution in [0.3, 0.4) is 0 Å². The highest BCUT2D eigenvalue weighted by Gasteiger charge is 2.49. The Morgan fingerprint density at radius 2 is 2.06 bits per heavy atom. The van der Waals surface area contributed by atoms with Gasteiger partial charge in [0.25, 0.3) is 5.56 Å². The molecule has 1 aromatic carbocycles. The van der Waals surface area contributed by atoms with E-state index in [1.54, 1.807) is 7.05 Å². The highest BCUT2D eigenvalue weighted by atomic mass is 32.1. The van der Waals surface area contributed by atoms with Gasteiger partial charge in [-0.2, -0.15) is 5.26 Å². The van der Waals surface area contributed by atoms with Crippen LogP contribution in [-0.2, 0) is 23.7 Å². The van der Waals surface area contributed by atoms with E-state index in [4.69, 9.17) is 0 Å². The Kier molecular flexibility index (Phi) is 4.86. The third-order valence-electron chi connectivity index (χ3n) is 6.40. The predicted octanol–water partition coefficient (Wildman–Crippen LogP) is 3.12. The van der Waals surface area contributed by atoms with Crippen LogP contribution in [0.1, 0.15) is 43.5 Å². The highest BCUT2D eigenvalue weighted by molar-refractivity contribution is 7.21. The van der Waals surface area contributed by atoms with E-state index < -0.39 is 5.41 Å². The SMILES string of the molecule is Cn1c(C2(C#N)CC2)nc2sc(N3CCC[C@@H]3C(=O)CCc3ccccc3)nc2c1=O. The first-order valence-corrected chi connectivity index (χ1v) is 11.5. The minimum atomic E-state index is -0.643. The van der Waals surface area contributed by atoms with Crippen molar-refractivity contribution < 1.29 is 4.79 Å². The van der Waals surface area contributed by atoms with E-state index >= 15 is 0 Å². The maximum absolute atomic E-state index is 13.0. The van der Waals surface area contributed by atoms with Gasteiger partial charge in [0.1, 0.15) is 11.2 Å². The van der Waals surface area contributed by atoms with Crippen molar-refractivity contribution in [2.45, 2.75) is 50.0 Å². The fourth-order valence-electron chi connectivity index (χ4n) is 4.41. The monoisotopic (exact) mass is 433 g/mol. The van der Waals surface area contributed by atoms with Crippen molar-refractivity contribution >= 4 is 32.6 Å². The van der Waals surface area contributed by atoms with E-state index in [0.717, 1.165) is 44.2 Å². The van der Waals surface area contributed by atoms with E-state index in [9.17, 15) is 14.9 Å². The molecule has 0 radical (unpaired) electrons. The number of fused-ring (bicyclic) bond motifs is 1. The summed E-state index contributed by atoms with van der Waals surface area (Å²) in [4.78, 5) is 37.7. The number of carbonyl (C=O) groups is 1. The van der Waals surface area contributed by atoms with Gasteiger partial charge >= 0.3 is 0 Å². The molecule has 158 valence electrons. The summed E-state index contributed by atoms with van der Waals surface area (Å²) < 4.78 is 1.47. The van der Waals surface area contributed by atoms with Crippen molar-refractivity contribution in [2.24, 2.45) is 7.05 Å². The number of nitrogens with zero attached hydrogens (tertiary/aromatic N) is 5. The van der Waals surface area contributed by atoms with Gasteiger partial charge in [0.2, 0.25) is 0 Å². The van der Waals surface area contributed by atoms with Crippen LogP contribution in [0, 0.1) is 11.3 Å². The number of carbonyl (C=O) groups excluding carboxylic acids is 1. The minimum absolute atomic E-state index is 0.207. The predicted molar refractivity (Wildman–Crippen MR) is 119 cm³/mol. The smallest absolute Gasteiger partial charge is 0.280 e. The average Bonchev–Trinajstić information content (AvgIpc) is 3.22. The van der Waals surface area contributed by atoms with Crippen LogP contribution in [0.25, 0.3) is 10.3 Å². The summed E-state index contributed by atoms with van der Waals surface area (Å²) in [6, 6.07) is 12.1. The second-order valence-electron chi connectivity index (χ2n) is 8.45. The summed E-state index contributed by atoms with van der Waals surface area (Å²) in [6.45, 7) is 0.747. The lowest BCUT2D eigenvalue weighted by Crippen LogP contribution is -2.36. The molecule has 3 aromatic rings. The number of aromatic nitrogens is 3. The van der Waals surface area contributed by atoms with E-state index in [2.05, 4.69) is 16.0 Å². The maximum atomic E-state index is 13.0. The molecule has 0 spiro atoms. The highest BCUT2D eigenvalue weighted by Crippen LogP contribution is 2.46. The van der Waals surface area contributed by atoms with Crippen molar-refractivity contribution in [2.75, 3.05) is 11.4 Å². The number of Topliss-reactive ketones (excluding diaryl/α,β-unsaturated/α-hetero) is 1. The normalized spacial score (nSPS) is 19.5. The van der Waals surface area contributed by atoms with Gasteiger partial charge in [-0.25, -0.2) is 9.97 Å². The molecule has 0 unspecified atom stereocenters. The zero-order valence-corrected chi connectivity index (χ0v) is 18.2. The number of thiazole rings is 1. The number of aryl methyl sites for hydroxylation is 1. The Hall–Kier alpha value is -3.05. The van der Waals surface area contributed by atoms with Gasteiger partial charge in [-0.05, 0) is 37.7 Å². The molecule has 2 aromatic heterocycles. The molecule has 0 bridgehead atoms. The number of hydrogen-bond donors (Lipinski definition) is 0. The fraction of sp³-hybridized carbons (Fsp3) is 0.435. The Bertz CT molecular complexity index is 1250. The Morgan fingerprint density at radius 3 is 2.77 bits per heavy atom. The zero-order chi connectivity index (χ0) is 21.6. The van der Waals surface area contributed by atoms with Gasteiger partial charge in [-0.1, -0.05) is 41.7 Å². The topological polar surface area (TPSA) is 91.9 Å². The second-order valence-corrected chi connectivity index (χ2v) is 9.40. The van der Waals surface area contributed by atoms with Gasteiger partial charge in [0, 0.05) is 20.0 Å². The molecule has 1 aliphatic heterocycles. The number of nitriles is 1. The van der Waals surface area contributed by atoms with E-state index in [0.29, 0.717) is 27.7 Å². The summed E-state index contributed by atoms with van der Waals surface area (Å²) in [5.74, 6) is 0.739. The summed E-state index contributed by atoms with van der Waals surface area (Å²) in [5, 5.41) is 10.2. The summed E-state index contributed by atoms with van der Waals surface area (Å²) in [6.07, 6.45) is 4.40. The van der Waals surface area contributed by atoms with Crippen LogP contribution >= 0.6 is 11.3 Å². The molecule has 2 aliphatic rings. The zero-order valence-electron chi connectivity index (χ0n) is 17.4. The van der Waals surface area contributed by atoms with Crippen LogP contribution in [0.2, 0.25) is 0 Å². The first kappa shape index (κ1) is 19.9. The summed E-state index contributed by atoms with van der Waals surface area (Å²) in [7, 11) is 1.66. The van der Waals surface area contributed by atoms with E-state index in [-0.39, 0.29) is 17.4 Å². The number of anilines is 1. The molecule has 1 saturated heterocycles. The molecular weight excluding hydrogens is 410 g/mol. The molecule has 2 fully saturated rings. The molecule has 3 heterocycles. The van der Waals surface area contributed by atoms with Crippen molar-refractivity contribution in [1.82, 2.24) is 14.5 Å². The van der Waals surface area contributed by atoms with E-state index in [1.807, 2.05) is 35.2 Å². The molecule has 0 amide bonds. The number of rotatable bonds is 6. The van der Waals surface area contributed by atoms with Gasteiger partial charge in [0.15, 0.2) is 21.3 Å². The van der Waals surface area contributed by atoms with Crippen molar-refractivity contribution in [3.8, 4) is 6.07 Å². The Balaban J connectivity index is 1.42. The molecule has 7 nitrogen and oxygen atoms in total. The van der Waals surface area contributed by atoms with Crippen LogP contribution in [0.4, 0.5) is 5.13 Å². The number of benzene rings is 1. The lowest BCUT2D eigenvalue weighted by Gasteiger charge is -2.22. The molecule has 0 N–H and O–H groups in total. The van der Waals surface area contributed by atoms with Crippen molar-refractivity contribution in [3.05, 3.63) is 52.1 Å². The number of ketones is 1. The fourth-order valence-corrected chi connectivity index (χ4v) is 5.42. The van der Waals surface area contributed by atoms with Gasteiger partial charge in [0.05, 0.1) is 12.1 Å². The third kappa shape index (κ3) is 3.43. The lowest BCUT2D eigenvalue weighted by molar-refractivity contribution is -0.120. The molecule has 31 heavy (non-hydrogen) atoms.